The Bertz CT molecular complexity index is 683. The van der Waals surface area contributed by atoms with Crippen LogP contribution >= 0.6 is 11.6 Å². The van der Waals surface area contributed by atoms with E-state index in [2.05, 4.69) is 19.7 Å². The van der Waals surface area contributed by atoms with Gasteiger partial charge in [-0.25, -0.2) is 0 Å². The molecule has 1 atom stereocenters. The van der Waals surface area contributed by atoms with E-state index in [1.165, 1.54) is 12.8 Å². The maximum Gasteiger partial charge on any atom is 0.147 e. The molecular weight excluding hydrogens is 300 g/mol. The highest BCUT2D eigenvalue weighted by molar-refractivity contribution is 6.31. The third-order valence-corrected chi connectivity index (χ3v) is 4.84. The minimum atomic E-state index is -0.578. The average molecular weight is 319 g/mol. The minimum Gasteiger partial charge on any atom is -0.387 e. The van der Waals surface area contributed by atoms with Crippen molar-refractivity contribution in [1.29, 1.82) is 0 Å². The van der Waals surface area contributed by atoms with E-state index in [1.54, 1.807) is 0 Å². The molecule has 2 aliphatic rings. The van der Waals surface area contributed by atoms with Crippen molar-refractivity contribution in [2.75, 3.05) is 13.1 Å². The van der Waals surface area contributed by atoms with E-state index in [9.17, 15) is 5.11 Å². The fourth-order valence-electron chi connectivity index (χ4n) is 3.12. The lowest BCUT2D eigenvalue weighted by molar-refractivity contribution is 0.0959. The topological polar surface area (TPSA) is 54.2 Å². The first-order valence-corrected chi connectivity index (χ1v) is 8.17. The van der Waals surface area contributed by atoms with Crippen molar-refractivity contribution in [3.05, 3.63) is 46.5 Å². The Kier molecular flexibility index (Phi) is 3.64. The van der Waals surface area contributed by atoms with Crippen LogP contribution in [0.15, 0.2) is 24.3 Å². The summed E-state index contributed by atoms with van der Waals surface area (Å²) in [7, 11) is 0. The maximum atomic E-state index is 10.4. The van der Waals surface area contributed by atoms with Gasteiger partial charge in [-0.1, -0.05) is 29.8 Å². The lowest BCUT2D eigenvalue weighted by Gasteiger charge is -2.29. The average Bonchev–Trinajstić information content (AvgIpc) is 3.27. The Morgan fingerprint density at radius 3 is 2.82 bits per heavy atom. The summed E-state index contributed by atoms with van der Waals surface area (Å²) >= 11 is 6.16. The molecule has 1 N–H and O–H groups in total. The molecule has 0 bridgehead atoms. The molecule has 1 saturated carbocycles. The van der Waals surface area contributed by atoms with E-state index in [0.29, 0.717) is 17.5 Å². The van der Waals surface area contributed by atoms with E-state index < -0.39 is 6.10 Å². The van der Waals surface area contributed by atoms with Crippen LogP contribution in [0.3, 0.4) is 0 Å². The summed E-state index contributed by atoms with van der Waals surface area (Å²) in [5.74, 6) is 2.79. The predicted octanol–water partition coefficient (Wildman–Crippen LogP) is 2.36. The molecule has 1 aromatic heterocycles. The van der Waals surface area contributed by atoms with E-state index in [-0.39, 0.29) is 0 Å². The molecule has 1 aromatic carbocycles. The fourth-order valence-corrected chi connectivity index (χ4v) is 3.38. The lowest BCUT2D eigenvalue weighted by Crippen LogP contribution is -2.37. The Morgan fingerprint density at radius 1 is 1.23 bits per heavy atom. The van der Waals surface area contributed by atoms with Crippen molar-refractivity contribution in [1.82, 2.24) is 19.7 Å². The highest BCUT2D eigenvalue weighted by Crippen LogP contribution is 2.39. The van der Waals surface area contributed by atoms with Gasteiger partial charge >= 0.3 is 0 Å². The molecule has 1 fully saturated rings. The molecular formula is C16H19ClN4O. The number of aromatic nitrogens is 3. The third kappa shape index (κ3) is 2.64. The molecule has 1 aliphatic carbocycles. The molecule has 6 heteroatoms. The standard InChI is InChI=1S/C16H19ClN4O/c17-13-4-2-1-3-12(13)14(22)9-20-7-8-21-15(10-20)18-19-16(21)11-5-6-11/h1-4,11,14,22H,5-10H2/t14-/m0/s1. The second-order valence-corrected chi connectivity index (χ2v) is 6.58. The van der Waals surface area contributed by atoms with Crippen LogP contribution in [0, 0.1) is 0 Å². The van der Waals surface area contributed by atoms with Crippen LogP contribution in [0.1, 0.15) is 42.1 Å². The van der Waals surface area contributed by atoms with Crippen molar-refractivity contribution < 1.29 is 5.11 Å². The molecule has 1 aliphatic heterocycles. The first-order valence-electron chi connectivity index (χ1n) is 7.79. The number of nitrogens with zero attached hydrogens (tertiary/aromatic N) is 4. The molecule has 0 spiro atoms. The van der Waals surface area contributed by atoms with Gasteiger partial charge in [-0.15, -0.1) is 10.2 Å². The zero-order valence-corrected chi connectivity index (χ0v) is 13.1. The van der Waals surface area contributed by atoms with Crippen LogP contribution < -0.4 is 0 Å². The van der Waals surface area contributed by atoms with Gasteiger partial charge in [-0.05, 0) is 18.9 Å². The van der Waals surface area contributed by atoms with Crippen LogP contribution in [0.5, 0.6) is 0 Å². The van der Waals surface area contributed by atoms with Gasteiger partial charge in [0.05, 0.1) is 12.6 Å². The zero-order chi connectivity index (χ0) is 15.1. The molecule has 0 radical (unpaired) electrons. The van der Waals surface area contributed by atoms with Gasteiger partial charge in [-0.3, -0.25) is 4.90 Å². The summed E-state index contributed by atoms with van der Waals surface area (Å²) in [6.07, 6.45) is 1.91. The second-order valence-electron chi connectivity index (χ2n) is 6.17. The minimum absolute atomic E-state index is 0.565. The number of aliphatic hydroxyl groups excluding tert-OH is 1. The smallest absolute Gasteiger partial charge is 0.147 e. The monoisotopic (exact) mass is 318 g/mol. The second kappa shape index (κ2) is 5.65. The normalized spacial score (nSPS) is 19.9. The molecule has 22 heavy (non-hydrogen) atoms. The van der Waals surface area contributed by atoms with Crippen molar-refractivity contribution in [3.63, 3.8) is 0 Å². The van der Waals surface area contributed by atoms with Crippen LogP contribution in [0.2, 0.25) is 5.02 Å². The molecule has 5 nitrogen and oxygen atoms in total. The van der Waals surface area contributed by atoms with E-state index in [0.717, 1.165) is 36.8 Å². The van der Waals surface area contributed by atoms with Crippen LogP contribution in [0.4, 0.5) is 0 Å². The summed E-state index contributed by atoms with van der Waals surface area (Å²) < 4.78 is 2.26. The Balaban J connectivity index is 1.45. The van der Waals surface area contributed by atoms with Gasteiger partial charge in [0.2, 0.25) is 0 Å². The first-order chi connectivity index (χ1) is 10.7. The quantitative estimate of drug-likeness (QED) is 0.940. The van der Waals surface area contributed by atoms with Crippen LogP contribution in [-0.4, -0.2) is 37.9 Å². The lowest BCUT2D eigenvalue weighted by atomic mass is 10.1. The van der Waals surface area contributed by atoms with Crippen molar-refractivity contribution in [2.24, 2.45) is 0 Å². The van der Waals surface area contributed by atoms with Crippen molar-refractivity contribution in [3.8, 4) is 0 Å². The Labute approximate surface area is 134 Å². The number of fused-ring (bicyclic) bond motifs is 1. The molecule has 0 unspecified atom stereocenters. The van der Waals surface area contributed by atoms with Crippen molar-refractivity contribution in [2.45, 2.75) is 38.0 Å². The largest absolute Gasteiger partial charge is 0.387 e. The highest BCUT2D eigenvalue weighted by atomic mass is 35.5. The zero-order valence-electron chi connectivity index (χ0n) is 12.3. The predicted molar refractivity (Wildman–Crippen MR) is 83.7 cm³/mol. The van der Waals surface area contributed by atoms with Gasteiger partial charge in [0.25, 0.3) is 0 Å². The molecule has 4 rings (SSSR count). The van der Waals surface area contributed by atoms with E-state index in [1.807, 2.05) is 24.3 Å². The highest BCUT2D eigenvalue weighted by Gasteiger charge is 2.32. The van der Waals surface area contributed by atoms with E-state index >= 15 is 0 Å². The maximum absolute atomic E-state index is 10.4. The van der Waals surface area contributed by atoms with Gasteiger partial charge in [-0.2, -0.15) is 0 Å². The summed E-state index contributed by atoms with van der Waals surface area (Å²) in [6.45, 7) is 3.12. The van der Waals surface area contributed by atoms with Gasteiger partial charge in [0, 0.05) is 36.1 Å². The van der Waals surface area contributed by atoms with Crippen LogP contribution in [-0.2, 0) is 13.1 Å². The number of halogens is 1. The summed E-state index contributed by atoms with van der Waals surface area (Å²) in [5.41, 5.74) is 0.787. The number of β-amino-alcohol motifs (C(OH)–C–C–N with tert-alkyl or cyclic N) is 1. The number of rotatable bonds is 4. The van der Waals surface area contributed by atoms with E-state index in [4.69, 9.17) is 11.6 Å². The molecule has 2 heterocycles. The third-order valence-electron chi connectivity index (χ3n) is 4.50. The van der Waals surface area contributed by atoms with Gasteiger partial charge < -0.3 is 9.67 Å². The van der Waals surface area contributed by atoms with Crippen molar-refractivity contribution >= 4 is 11.6 Å². The van der Waals surface area contributed by atoms with Crippen LogP contribution in [0.25, 0.3) is 0 Å². The Hall–Kier alpha value is -1.43. The molecule has 116 valence electrons. The first kappa shape index (κ1) is 14.2. The fraction of sp³-hybridized carbons (Fsp3) is 0.500. The molecule has 0 saturated heterocycles. The molecule has 0 amide bonds. The van der Waals surface area contributed by atoms with Gasteiger partial charge in [0.1, 0.15) is 11.6 Å². The number of aliphatic hydroxyl groups is 1. The summed E-state index contributed by atoms with van der Waals surface area (Å²) in [6, 6.07) is 7.47. The number of hydrogen-bond donors (Lipinski definition) is 1. The summed E-state index contributed by atoms with van der Waals surface area (Å²) in [4.78, 5) is 2.22. The molecule has 2 aromatic rings. The van der Waals surface area contributed by atoms with Gasteiger partial charge in [0.15, 0.2) is 0 Å². The Morgan fingerprint density at radius 2 is 2.05 bits per heavy atom. The number of hydrogen-bond acceptors (Lipinski definition) is 4. The SMILES string of the molecule is O[C@@H](CN1CCn2c(nnc2C2CC2)C1)c1ccccc1Cl. The summed E-state index contributed by atoms with van der Waals surface area (Å²) in [5, 5.41) is 19.7. The number of benzene rings is 1.